The molecular formula is C29H38Cl2F2N4O. The molecular weight excluding hydrogens is 529 g/mol. The van der Waals surface area contributed by atoms with Gasteiger partial charge in [-0.3, -0.25) is 14.6 Å². The van der Waals surface area contributed by atoms with Crippen molar-refractivity contribution in [1.29, 1.82) is 0 Å². The summed E-state index contributed by atoms with van der Waals surface area (Å²) in [5, 5.41) is 0. The van der Waals surface area contributed by atoms with Crippen LogP contribution >= 0.6 is 23.2 Å². The van der Waals surface area contributed by atoms with Gasteiger partial charge in [0.05, 0.1) is 12.1 Å². The van der Waals surface area contributed by atoms with Crippen LogP contribution in [-0.2, 0) is 17.6 Å². The Labute approximate surface area is 235 Å². The van der Waals surface area contributed by atoms with E-state index in [9.17, 15) is 13.6 Å². The molecule has 2 aliphatic rings. The molecule has 4 rings (SSSR count). The third-order valence-electron chi connectivity index (χ3n) is 7.90. The number of benzene rings is 2. The van der Waals surface area contributed by atoms with Crippen LogP contribution in [0, 0.1) is 11.6 Å². The summed E-state index contributed by atoms with van der Waals surface area (Å²) in [7, 11) is 0. The van der Waals surface area contributed by atoms with Gasteiger partial charge in [-0.1, -0.05) is 24.3 Å². The number of carbonyl (C=O) groups is 1. The lowest BCUT2D eigenvalue weighted by molar-refractivity contribution is -0.129. The first-order valence-corrected chi connectivity index (χ1v) is 14.6. The zero-order valence-corrected chi connectivity index (χ0v) is 23.4. The van der Waals surface area contributed by atoms with Crippen LogP contribution in [0.25, 0.3) is 0 Å². The smallest absolute Gasteiger partial charge is 0.169 e. The molecule has 2 heterocycles. The molecule has 2 fully saturated rings. The molecule has 0 N–H and O–H groups in total. The Balaban J connectivity index is 1.22. The molecule has 2 saturated heterocycles. The number of Topliss-reactive ketones (excluding diaryl/α,β-unsaturated/α-hetero) is 1. The maximum atomic E-state index is 13.6. The second kappa shape index (κ2) is 14.7. The maximum Gasteiger partial charge on any atom is 0.169 e. The van der Waals surface area contributed by atoms with E-state index in [1.54, 1.807) is 0 Å². The van der Waals surface area contributed by atoms with E-state index in [2.05, 4.69) is 19.6 Å². The van der Waals surface area contributed by atoms with Crippen molar-refractivity contribution < 1.29 is 13.6 Å². The first-order chi connectivity index (χ1) is 18.5. The van der Waals surface area contributed by atoms with Gasteiger partial charge < -0.3 is 9.80 Å². The van der Waals surface area contributed by atoms with Gasteiger partial charge in [0.15, 0.2) is 5.78 Å². The summed E-state index contributed by atoms with van der Waals surface area (Å²) in [6.45, 7) is 8.48. The number of hydrogen-bond donors (Lipinski definition) is 0. The van der Waals surface area contributed by atoms with Crippen molar-refractivity contribution in [3.05, 3.63) is 71.3 Å². The topological polar surface area (TPSA) is 30.0 Å². The highest BCUT2D eigenvalue weighted by Gasteiger charge is 2.36. The Kier molecular flexibility index (Phi) is 11.4. The number of rotatable bonds is 12. The van der Waals surface area contributed by atoms with Gasteiger partial charge in [0, 0.05) is 77.2 Å². The summed E-state index contributed by atoms with van der Waals surface area (Å²) >= 11 is 12.7. The van der Waals surface area contributed by atoms with Crippen molar-refractivity contribution in [3.63, 3.8) is 0 Å². The molecule has 2 atom stereocenters. The lowest BCUT2D eigenvalue weighted by Gasteiger charge is -2.42. The van der Waals surface area contributed by atoms with Gasteiger partial charge in [-0.25, -0.2) is 8.78 Å². The Morgan fingerprint density at radius 3 is 1.29 bits per heavy atom. The van der Waals surface area contributed by atoms with Crippen LogP contribution in [0.4, 0.5) is 8.78 Å². The van der Waals surface area contributed by atoms with Gasteiger partial charge >= 0.3 is 0 Å². The monoisotopic (exact) mass is 566 g/mol. The van der Waals surface area contributed by atoms with Crippen molar-refractivity contribution in [2.75, 3.05) is 77.2 Å². The van der Waals surface area contributed by atoms with Gasteiger partial charge in [0.2, 0.25) is 0 Å². The van der Waals surface area contributed by atoms with Gasteiger partial charge in [0.1, 0.15) is 11.6 Å². The van der Waals surface area contributed by atoms with Crippen LogP contribution in [0.5, 0.6) is 0 Å². The fraction of sp³-hybridized carbons (Fsp3) is 0.552. The standard InChI is InChI=1S/C29H38Cl2F2N4O/c30-21-27(36-17-13-34(14-18-36)11-9-23-1-5-25(32)6-2-23)29(38)28(22-31)37-19-15-35(16-20-37)12-10-24-3-7-26(33)8-4-24/h1-8,27-28H,9-22H2/t27-,28-/m0/s1. The summed E-state index contributed by atoms with van der Waals surface area (Å²) in [6, 6.07) is 12.7. The number of ketones is 1. The lowest BCUT2D eigenvalue weighted by Crippen LogP contribution is -2.60. The van der Waals surface area contributed by atoms with E-state index in [0.29, 0.717) is 0 Å². The highest BCUT2D eigenvalue weighted by molar-refractivity contribution is 6.22. The Bertz CT molecular complexity index is 915. The number of hydrogen-bond acceptors (Lipinski definition) is 5. The second-order valence-corrected chi connectivity index (χ2v) is 10.9. The number of piperazine rings is 2. The van der Waals surface area contributed by atoms with Crippen LogP contribution in [0.1, 0.15) is 11.1 Å². The van der Waals surface area contributed by atoms with Crippen molar-refractivity contribution in [3.8, 4) is 0 Å². The molecule has 5 nitrogen and oxygen atoms in total. The van der Waals surface area contributed by atoms with Gasteiger partial charge in [-0.05, 0) is 48.2 Å². The molecule has 0 unspecified atom stereocenters. The Morgan fingerprint density at radius 1 is 0.632 bits per heavy atom. The average molecular weight is 568 g/mol. The first-order valence-electron chi connectivity index (χ1n) is 13.5. The van der Waals surface area contributed by atoms with Gasteiger partial charge in [0.25, 0.3) is 0 Å². The third-order valence-corrected chi connectivity index (χ3v) is 8.49. The number of halogens is 4. The fourth-order valence-electron chi connectivity index (χ4n) is 5.40. The van der Waals surface area contributed by atoms with E-state index in [-0.39, 0.29) is 41.3 Å². The molecule has 0 radical (unpaired) electrons. The molecule has 0 spiro atoms. The van der Waals surface area contributed by atoms with E-state index in [1.807, 2.05) is 24.3 Å². The molecule has 0 saturated carbocycles. The molecule has 9 heteroatoms. The summed E-state index contributed by atoms with van der Waals surface area (Å²) in [6.07, 6.45) is 1.75. The second-order valence-electron chi connectivity index (χ2n) is 10.3. The third kappa shape index (κ3) is 8.20. The summed E-state index contributed by atoms with van der Waals surface area (Å²) in [5.41, 5.74) is 2.26. The molecule has 2 aromatic rings. The average Bonchev–Trinajstić information content (AvgIpc) is 2.95. The zero-order chi connectivity index (χ0) is 26.9. The van der Waals surface area contributed by atoms with Gasteiger partial charge in [-0.15, -0.1) is 23.2 Å². The molecule has 2 aliphatic heterocycles. The minimum absolute atomic E-state index is 0.120. The minimum atomic E-state index is -0.337. The Morgan fingerprint density at radius 2 is 0.974 bits per heavy atom. The lowest BCUT2D eigenvalue weighted by atomic mass is 10.0. The fourth-order valence-corrected chi connectivity index (χ4v) is 6.10. The van der Waals surface area contributed by atoms with Gasteiger partial charge in [-0.2, -0.15) is 0 Å². The predicted molar refractivity (Wildman–Crippen MR) is 150 cm³/mol. The van der Waals surface area contributed by atoms with Crippen molar-refractivity contribution in [2.24, 2.45) is 0 Å². The molecule has 0 aromatic heterocycles. The van der Waals surface area contributed by atoms with E-state index >= 15 is 0 Å². The first kappa shape index (κ1) is 29.4. The molecule has 208 valence electrons. The highest BCUT2D eigenvalue weighted by Crippen LogP contribution is 2.17. The quantitative estimate of drug-likeness (QED) is 0.365. The molecule has 0 amide bonds. The zero-order valence-electron chi connectivity index (χ0n) is 21.9. The minimum Gasteiger partial charge on any atom is -0.300 e. The van der Waals surface area contributed by atoms with Crippen molar-refractivity contribution in [2.45, 2.75) is 24.9 Å². The molecule has 0 bridgehead atoms. The van der Waals surface area contributed by atoms with Crippen LogP contribution in [0.3, 0.4) is 0 Å². The maximum absolute atomic E-state index is 13.6. The largest absolute Gasteiger partial charge is 0.300 e. The summed E-state index contributed by atoms with van der Waals surface area (Å²) < 4.78 is 26.3. The summed E-state index contributed by atoms with van der Waals surface area (Å²) in [4.78, 5) is 22.8. The molecule has 2 aromatic carbocycles. The van der Waals surface area contributed by atoms with E-state index in [1.165, 1.54) is 24.3 Å². The number of alkyl halides is 2. The number of nitrogens with zero attached hydrogens (tertiary/aromatic N) is 4. The van der Waals surface area contributed by atoms with Crippen LogP contribution in [0.2, 0.25) is 0 Å². The predicted octanol–water partition coefficient (Wildman–Crippen LogP) is 3.77. The highest BCUT2D eigenvalue weighted by atomic mass is 35.5. The normalized spacial score (nSPS) is 19.9. The van der Waals surface area contributed by atoms with Crippen molar-refractivity contribution in [1.82, 2.24) is 19.6 Å². The SMILES string of the molecule is O=C([C@H](CCl)N1CCN(CCc2ccc(F)cc2)CC1)[C@H](CCl)N1CCN(CCc2ccc(F)cc2)CC1. The Hall–Kier alpha value is -1.61. The van der Waals surface area contributed by atoms with Crippen LogP contribution < -0.4 is 0 Å². The molecule has 38 heavy (non-hydrogen) atoms. The number of carbonyl (C=O) groups excluding carboxylic acids is 1. The van der Waals surface area contributed by atoms with Crippen molar-refractivity contribution >= 4 is 29.0 Å². The van der Waals surface area contributed by atoms with E-state index < -0.39 is 0 Å². The summed E-state index contributed by atoms with van der Waals surface area (Å²) in [5.74, 6) is 0.226. The van der Waals surface area contributed by atoms with E-state index in [0.717, 1.165) is 89.4 Å². The van der Waals surface area contributed by atoms with Crippen LogP contribution in [-0.4, -0.2) is 115 Å². The molecule has 0 aliphatic carbocycles. The van der Waals surface area contributed by atoms with E-state index in [4.69, 9.17) is 23.2 Å². The van der Waals surface area contributed by atoms with Crippen LogP contribution in [0.15, 0.2) is 48.5 Å².